The first-order chi connectivity index (χ1) is 28.7. The Bertz CT molecular complexity index is 1890. The van der Waals surface area contributed by atoms with Gasteiger partial charge in [0.05, 0.1) is 38.4 Å². The molecule has 0 radical (unpaired) electrons. The van der Waals surface area contributed by atoms with Gasteiger partial charge in [0, 0.05) is 79.5 Å². The number of aliphatic carboxylic acids is 1. The van der Waals surface area contributed by atoms with Crippen LogP contribution in [0, 0.1) is 5.92 Å². The van der Waals surface area contributed by atoms with E-state index < -0.39 is 17.2 Å². The fraction of sp³-hybridized carbons (Fsp3) is 0.614. The second-order valence-corrected chi connectivity index (χ2v) is 17.9. The highest BCUT2D eigenvalue weighted by molar-refractivity contribution is 6.35. The van der Waals surface area contributed by atoms with Crippen LogP contribution in [0.15, 0.2) is 36.4 Å². The summed E-state index contributed by atoms with van der Waals surface area (Å²) in [6.07, 6.45) is 4.47. The van der Waals surface area contributed by atoms with Crippen molar-refractivity contribution in [3.05, 3.63) is 52.3 Å². The van der Waals surface area contributed by atoms with Gasteiger partial charge in [-0.05, 0) is 104 Å². The molecule has 3 amide bonds. The molecule has 1 aromatic heterocycles. The monoisotopic (exact) mass is 892 g/mol. The van der Waals surface area contributed by atoms with Crippen molar-refractivity contribution in [3.8, 4) is 0 Å². The number of imidazole rings is 1. The smallest absolute Gasteiger partial charge is 0.410 e. The minimum Gasteiger partial charge on any atom is -0.481 e. The first-order valence-corrected chi connectivity index (χ1v) is 21.6. The van der Waals surface area contributed by atoms with E-state index in [9.17, 15) is 14.4 Å². The minimum atomic E-state index is -0.833. The van der Waals surface area contributed by atoms with Gasteiger partial charge in [-0.1, -0.05) is 35.3 Å². The van der Waals surface area contributed by atoms with Gasteiger partial charge in [-0.3, -0.25) is 9.59 Å². The maximum Gasteiger partial charge on any atom is 0.410 e. The van der Waals surface area contributed by atoms with Crippen molar-refractivity contribution in [2.24, 2.45) is 5.92 Å². The molecule has 2 saturated heterocycles. The van der Waals surface area contributed by atoms with Crippen LogP contribution >= 0.6 is 23.2 Å². The standard InChI is InChI=1S/C21H32ClN3O4.C21H30ClN3O3.C2H4O2/c1-21(2,3)29-20(27)25-12-6-8-15(14-25)19(26)24-17-10-5-9-16(22)18(17)23-11-7-13-28-4;1-21(2,3)28-20(26)24-11-6-8-15(14-24)19-23-17-10-5-9-16(22)18(17)25(19)12-7-13-27-4;1-2(3)4/h5,9-10,15,23H,6-8,11-14H2,1-4H3,(H,24,26);5,9-10,15H,6-8,11-14H2,1-4H3;1H3,(H,3,4)/t2*15-;/m11./s1. The van der Waals surface area contributed by atoms with E-state index in [2.05, 4.69) is 15.2 Å². The van der Waals surface area contributed by atoms with Crippen LogP contribution in [-0.2, 0) is 35.1 Å². The number of para-hydroxylation sites is 2. The number of carboxylic acids is 1. The van der Waals surface area contributed by atoms with Crippen molar-refractivity contribution in [3.63, 3.8) is 0 Å². The predicted octanol–water partition coefficient (Wildman–Crippen LogP) is 9.31. The van der Waals surface area contributed by atoms with Crippen LogP contribution < -0.4 is 10.6 Å². The molecule has 2 aromatic carbocycles. The largest absolute Gasteiger partial charge is 0.481 e. The number of carbonyl (C=O) groups excluding carboxylic acids is 3. The van der Waals surface area contributed by atoms with Crippen molar-refractivity contribution < 1.29 is 43.2 Å². The molecule has 0 spiro atoms. The number of fused-ring (bicyclic) bond motifs is 1. The minimum absolute atomic E-state index is 0.125. The number of halogens is 2. The number of nitrogens with zero attached hydrogens (tertiary/aromatic N) is 4. The molecule has 0 unspecified atom stereocenters. The van der Waals surface area contributed by atoms with E-state index in [4.69, 9.17) is 57.0 Å². The quantitative estimate of drug-likeness (QED) is 0.148. The maximum atomic E-state index is 12.9. The van der Waals surface area contributed by atoms with Crippen molar-refractivity contribution in [2.45, 2.75) is 111 Å². The number of carbonyl (C=O) groups is 4. The summed E-state index contributed by atoms with van der Waals surface area (Å²) in [7, 11) is 3.37. The Hall–Kier alpha value is -4.31. The number of aromatic nitrogens is 2. The van der Waals surface area contributed by atoms with Gasteiger partial charge in [-0.25, -0.2) is 14.6 Å². The summed E-state index contributed by atoms with van der Waals surface area (Å²) in [6.45, 7) is 17.3. The van der Waals surface area contributed by atoms with Crippen LogP contribution in [0.4, 0.5) is 21.0 Å². The zero-order valence-electron chi connectivity index (χ0n) is 37.3. The summed E-state index contributed by atoms with van der Waals surface area (Å²) in [6, 6.07) is 11.2. The third kappa shape index (κ3) is 17.2. The van der Waals surface area contributed by atoms with E-state index in [0.717, 1.165) is 75.4 Å². The van der Waals surface area contributed by atoms with Crippen molar-refractivity contribution >= 4 is 69.7 Å². The Morgan fingerprint density at radius 2 is 1.38 bits per heavy atom. The van der Waals surface area contributed by atoms with Gasteiger partial charge in [0.15, 0.2) is 0 Å². The first kappa shape index (κ1) is 51.0. The number of anilines is 2. The number of methoxy groups -OCH3 is 2. The molecule has 340 valence electrons. The molecule has 17 heteroatoms. The zero-order chi connectivity index (χ0) is 45.3. The molecule has 3 heterocycles. The molecule has 2 aliphatic rings. The Morgan fingerprint density at radius 1 is 0.820 bits per heavy atom. The van der Waals surface area contributed by atoms with Gasteiger partial charge in [-0.2, -0.15) is 0 Å². The van der Waals surface area contributed by atoms with Crippen molar-refractivity contribution in [1.29, 1.82) is 0 Å². The van der Waals surface area contributed by atoms with Crippen LogP contribution in [-0.4, -0.2) is 120 Å². The molecule has 0 aliphatic carbocycles. The fourth-order valence-electron chi connectivity index (χ4n) is 6.90. The SMILES string of the molecule is CC(=O)O.COCCCNc1c(Cl)cccc1NC(=O)[C@@H]1CCCN(C(=O)OC(C)(C)C)C1.COCCCn1c([C@@H]2CCCN(C(=O)OC(C)(C)C)C2)nc2cccc(Cl)c21. The van der Waals surface area contributed by atoms with Crippen molar-refractivity contribution in [2.75, 3.05) is 70.8 Å². The molecule has 2 aliphatic heterocycles. The second kappa shape index (κ2) is 24.4. The van der Waals surface area contributed by atoms with E-state index in [-0.39, 0.29) is 29.9 Å². The summed E-state index contributed by atoms with van der Waals surface area (Å²) >= 11 is 12.8. The number of nitrogens with one attached hydrogen (secondary N) is 2. The first-order valence-electron chi connectivity index (χ1n) is 20.9. The Labute approximate surface area is 370 Å². The van der Waals surface area contributed by atoms with E-state index in [1.807, 2.05) is 65.8 Å². The highest BCUT2D eigenvalue weighted by Gasteiger charge is 2.33. The molecule has 2 atom stereocenters. The molecule has 2 fully saturated rings. The lowest BCUT2D eigenvalue weighted by molar-refractivity contribution is -0.134. The van der Waals surface area contributed by atoms with E-state index in [1.54, 1.807) is 36.2 Å². The maximum absolute atomic E-state index is 12.9. The summed E-state index contributed by atoms with van der Waals surface area (Å²) in [5, 5.41) is 14.9. The number of rotatable bonds is 12. The fourth-order valence-corrected chi connectivity index (χ4v) is 7.41. The van der Waals surface area contributed by atoms with Crippen LogP contribution in [0.5, 0.6) is 0 Å². The Kier molecular flexibility index (Phi) is 20.4. The van der Waals surface area contributed by atoms with E-state index in [0.29, 0.717) is 60.8 Å². The van der Waals surface area contributed by atoms with Gasteiger partial charge in [-0.15, -0.1) is 0 Å². The van der Waals surface area contributed by atoms with Crippen LogP contribution in [0.2, 0.25) is 10.0 Å². The number of ether oxygens (including phenoxy) is 4. The number of hydrogen-bond donors (Lipinski definition) is 3. The summed E-state index contributed by atoms with van der Waals surface area (Å²) in [5.41, 5.74) is 2.13. The average Bonchev–Trinajstić information content (AvgIpc) is 3.56. The second-order valence-electron chi connectivity index (χ2n) is 17.1. The van der Waals surface area contributed by atoms with Crippen LogP contribution in [0.25, 0.3) is 11.0 Å². The Balaban J connectivity index is 0.000000299. The average molecular weight is 894 g/mol. The van der Waals surface area contributed by atoms with E-state index >= 15 is 0 Å². The molecular weight excluding hydrogens is 827 g/mol. The van der Waals surface area contributed by atoms with Crippen LogP contribution in [0.3, 0.4) is 0 Å². The lowest BCUT2D eigenvalue weighted by Gasteiger charge is -2.34. The third-order valence-corrected chi connectivity index (χ3v) is 10.1. The van der Waals surface area contributed by atoms with Gasteiger partial charge in [0.1, 0.15) is 17.0 Å². The molecule has 61 heavy (non-hydrogen) atoms. The van der Waals surface area contributed by atoms with Crippen LogP contribution in [0.1, 0.15) is 98.7 Å². The van der Waals surface area contributed by atoms with Gasteiger partial charge >= 0.3 is 12.2 Å². The summed E-state index contributed by atoms with van der Waals surface area (Å²) in [5.74, 6) is -0.100. The number of amides is 3. The Morgan fingerprint density at radius 3 is 1.98 bits per heavy atom. The number of aryl methyl sites for hydroxylation is 1. The molecular formula is C44H66Cl2N6O9. The lowest BCUT2D eigenvalue weighted by Crippen LogP contribution is -2.45. The predicted molar refractivity (Wildman–Crippen MR) is 240 cm³/mol. The molecule has 0 saturated carbocycles. The third-order valence-electron chi connectivity index (χ3n) is 9.46. The molecule has 3 aromatic rings. The number of piperidine rings is 2. The van der Waals surface area contributed by atoms with Crippen molar-refractivity contribution in [1.82, 2.24) is 19.4 Å². The normalized spacial score (nSPS) is 16.7. The zero-order valence-corrected chi connectivity index (χ0v) is 38.8. The molecule has 15 nitrogen and oxygen atoms in total. The summed E-state index contributed by atoms with van der Waals surface area (Å²) in [4.78, 5) is 55.1. The lowest BCUT2D eigenvalue weighted by atomic mass is 9.97. The topological polar surface area (TPSA) is 174 Å². The number of hydrogen-bond acceptors (Lipinski definition) is 10. The van der Waals surface area contributed by atoms with Gasteiger partial charge in [0.2, 0.25) is 5.91 Å². The number of benzene rings is 2. The van der Waals surface area contributed by atoms with Gasteiger partial charge in [0.25, 0.3) is 5.97 Å². The highest BCUT2D eigenvalue weighted by atomic mass is 35.5. The number of likely N-dealkylation sites (tertiary alicyclic amines) is 2. The van der Waals surface area contributed by atoms with Gasteiger partial charge < -0.3 is 49.1 Å². The highest BCUT2D eigenvalue weighted by Crippen LogP contribution is 2.34. The number of carboxylic acid groups (broad SMARTS) is 1. The molecule has 0 bridgehead atoms. The van der Waals surface area contributed by atoms with E-state index in [1.165, 1.54) is 0 Å². The summed E-state index contributed by atoms with van der Waals surface area (Å²) < 4.78 is 23.5. The molecule has 3 N–H and O–H groups in total. The molecule has 5 rings (SSSR count).